The smallest absolute Gasteiger partial charge is 0.348 e. The lowest BCUT2D eigenvalue weighted by Gasteiger charge is -2.11. The van der Waals surface area contributed by atoms with Crippen molar-refractivity contribution >= 4 is 39.9 Å². The predicted molar refractivity (Wildman–Crippen MR) is 128 cm³/mol. The first kappa shape index (κ1) is 23.1. The molecule has 0 spiro atoms. The Morgan fingerprint density at radius 2 is 1.59 bits per heavy atom. The van der Waals surface area contributed by atoms with E-state index in [1.807, 2.05) is 42.5 Å². The van der Waals surface area contributed by atoms with Crippen LogP contribution in [-0.4, -0.2) is 27.1 Å². The lowest BCUT2D eigenvalue weighted by molar-refractivity contribution is 0.104. The van der Waals surface area contributed by atoms with E-state index >= 15 is 0 Å². The molecule has 0 fully saturated rings. The lowest BCUT2D eigenvalue weighted by Crippen LogP contribution is -2.11. The first-order chi connectivity index (χ1) is 15.4. The third-order valence-electron chi connectivity index (χ3n) is 4.63. The Labute approximate surface area is 193 Å². The van der Waals surface area contributed by atoms with Gasteiger partial charge in [-0.2, -0.15) is 0 Å². The molecule has 0 bridgehead atoms. The fraction of sp³-hybridized carbons (Fsp3) is 0.120. The topological polar surface area (TPSA) is 75.0 Å². The van der Waals surface area contributed by atoms with Crippen LogP contribution in [0.25, 0.3) is 18.2 Å². The van der Waals surface area contributed by atoms with Gasteiger partial charge in [0, 0.05) is 11.6 Å². The van der Waals surface area contributed by atoms with Gasteiger partial charge in [-0.3, -0.25) is 4.79 Å². The van der Waals surface area contributed by atoms with Crippen molar-refractivity contribution in [2.45, 2.75) is 0 Å². The summed E-state index contributed by atoms with van der Waals surface area (Å²) in [5, 5.41) is 0. The molecule has 0 saturated carbocycles. The minimum absolute atomic E-state index is 0.0627. The van der Waals surface area contributed by atoms with Gasteiger partial charge in [-0.15, -0.1) is 0 Å². The summed E-state index contributed by atoms with van der Waals surface area (Å²) >= 11 is 3.07. The molecule has 32 heavy (non-hydrogen) atoms. The normalized spacial score (nSPS) is 11.1. The zero-order chi connectivity index (χ0) is 23.1. The number of methoxy groups -OCH3 is 3. The molecule has 1 heterocycles. The first-order valence-corrected chi connectivity index (χ1v) is 10.3. The number of halogens is 1. The Morgan fingerprint density at radius 1 is 0.875 bits per heavy atom. The molecule has 3 aromatic rings. The van der Waals surface area contributed by atoms with Crippen LogP contribution in [0, 0.1) is 0 Å². The highest BCUT2D eigenvalue weighted by Gasteiger charge is 2.12. The number of ether oxygens (including phenoxy) is 3. The summed E-state index contributed by atoms with van der Waals surface area (Å²) < 4.78 is 21.3. The Balaban J connectivity index is 1.99. The van der Waals surface area contributed by atoms with Crippen LogP contribution in [0.5, 0.6) is 17.2 Å². The molecule has 6 nitrogen and oxygen atoms in total. The van der Waals surface area contributed by atoms with Gasteiger partial charge >= 0.3 is 5.63 Å². The van der Waals surface area contributed by atoms with Crippen molar-refractivity contribution in [1.82, 2.24) is 0 Å². The van der Waals surface area contributed by atoms with Gasteiger partial charge in [-0.1, -0.05) is 24.3 Å². The average molecular weight is 497 g/mol. The molecule has 164 valence electrons. The number of hydrogen-bond donors (Lipinski definition) is 0. The van der Waals surface area contributed by atoms with Crippen LogP contribution in [0.2, 0.25) is 0 Å². The van der Waals surface area contributed by atoms with E-state index in [0.29, 0.717) is 17.1 Å². The average Bonchev–Trinajstić information content (AvgIpc) is 2.81. The molecule has 3 rings (SSSR count). The molecular weight excluding hydrogens is 476 g/mol. The number of allylic oxidation sites excluding steroid dienone is 1. The molecule has 0 aliphatic heterocycles. The fourth-order valence-electron chi connectivity index (χ4n) is 2.95. The molecule has 0 N–H and O–H groups in total. The molecule has 0 aliphatic rings. The molecule has 0 aliphatic carbocycles. The van der Waals surface area contributed by atoms with Crippen molar-refractivity contribution in [3.05, 3.63) is 92.0 Å². The van der Waals surface area contributed by atoms with E-state index in [4.69, 9.17) is 18.6 Å². The monoisotopic (exact) mass is 496 g/mol. The second-order valence-corrected chi connectivity index (χ2v) is 7.36. The molecule has 0 amide bonds. The zero-order valence-electron chi connectivity index (χ0n) is 17.8. The van der Waals surface area contributed by atoms with E-state index in [1.54, 1.807) is 26.4 Å². The largest absolute Gasteiger partial charge is 0.497 e. The summed E-state index contributed by atoms with van der Waals surface area (Å²) in [5.74, 6) is 1.41. The predicted octanol–water partition coefficient (Wildman–Crippen LogP) is 5.49. The SMILES string of the molecule is COc1ccc(C=Cc2cc(OC)cc(OC)c2/C=C/C(=O)c2ccc(Br)oc2=O)cc1. The highest BCUT2D eigenvalue weighted by atomic mass is 79.9. The van der Waals surface area contributed by atoms with Crippen LogP contribution in [0.15, 0.2) is 68.5 Å². The van der Waals surface area contributed by atoms with E-state index < -0.39 is 11.4 Å². The maximum Gasteiger partial charge on any atom is 0.348 e. The molecule has 1 aromatic heterocycles. The van der Waals surface area contributed by atoms with Crippen LogP contribution in [0.3, 0.4) is 0 Å². The van der Waals surface area contributed by atoms with Gasteiger partial charge in [0.2, 0.25) is 0 Å². The minimum Gasteiger partial charge on any atom is -0.497 e. The summed E-state index contributed by atoms with van der Waals surface area (Å²) in [7, 11) is 4.72. The van der Waals surface area contributed by atoms with Gasteiger partial charge < -0.3 is 18.6 Å². The first-order valence-electron chi connectivity index (χ1n) is 9.55. The summed E-state index contributed by atoms with van der Waals surface area (Å²) in [5.41, 5.74) is 1.62. The highest BCUT2D eigenvalue weighted by molar-refractivity contribution is 9.10. The molecule has 0 saturated heterocycles. The molecule has 0 unspecified atom stereocenters. The number of ketones is 1. The van der Waals surface area contributed by atoms with Gasteiger partial charge in [0.25, 0.3) is 0 Å². The second-order valence-electron chi connectivity index (χ2n) is 6.58. The maximum absolute atomic E-state index is 12.6. The van der Waals surface area contributed by atoms with Crippen molar-refractivity contribution in [1.29, 1.82) is 0 Å². The molecule has 7 heteroatoms. The van der Waals surface area contributed by atoms with Crippen molar-refractivity contribution in [2.24, 2.45) is 0 Å². The van der Waals surface area contributed by atoms with E-state index in [1.165, 1.54) is 25.3 Å². The van der Waals surface area contributed by atoms with Crippen LogP contribution in [0.4, 0.5) is 0 Å². The quantitative estimate of drug-likeness (QED) is 0.233. The Hall–Kier alpha value is -3.58. The number of carbonyl (C=O) groups excluding carboxylic acids is 1. The summed E-state index contributed by atoms with van der Waals surface area (Å²) in [4.78, 5) is 24.5. The van der Waals surface area contributed by atoms with Crippen LogP contribution < -0.4 is 19.8 Å². The zero-order valence-corrected chi connectivity index (χ0v) is 19.3. The van der Waals surface area contributed by atoms with Gasteiger partial charge in [-0.25, -0.2) is 4.79 Å². The summed E-state index contributed by atoms with van der Waals surface area (Å²) in [6, 6.07) is 14.1. The standard InChI is InChI=1S/C25H21BrO6/c1-29-18-8-5-16(6-9-18)4-7-17-14-19(30-2)15-23(31-3)20(17)10-12-22(27)21-11-13-24(26)32-25(21)28/h4-15H,1-3H3/b7-4?,12-10+. The van der Waals surface area contributed by atoms with E-state index in [0.717, 1.165) is 16.9 Å². The number of hydrogen-bond acceptors (Lipinski definition) is 6. The Morgan fingerprint density at radius 3 is 2.22 bits per heavy atom. The van der Waals surface area contributed by atoms with Gasteiger partial charge in [0.05, 0.1) is 21.3 Å². The van der Waals surface area contributed by atoms with Crippen LogP contribution in [0.1, 0.15) is 27.0 Å². The van der Waals surface area contributed by atoms with Crippen molar-refractivity contribution in [3.63, 3.8) is 0 Å². The van der Waals surface area contributed by atoms with E-state index in [-0.39, 0.29) is 10.2 Å². The Kier molecular flexibility index (Phi) is 7.68. The van der Waals surface area contributed by atoms with E-state index in [2.05, 4.69) is 15.9 Å². The van der Waals surface area contributed by atoms with Crippen LogP contribution in [-0.2, 0) is 0 Å². The van der Waals surface area contributed by atoms with Crippen LogP contribution >= 0.6 is 15.9 Å². The van der Waals surface area contributed by atoms with Crippen molar-refractivity contribution in [2.75, 3.05) is 21.3 Å². The fourth-order valence-corrected chi connectivity index (χ4v) is 3.23. The van der Waals surface area contributed by atoms with E-state index in [9.17, 15) is 9.59 Å². The third-order valence-corrected chi connectivity index (χ3v) is 5.06. The third kappa shape index (κ3) is 5.56. The van der Waals surface area contributed by atoms with Gasteiger partial charge in [-0.05, 0) is 69.5 Å². The molecular formula is C25H21BrO6. The van der Waals surface area contributed by atoms with Crippen molar-refractivity contribution in [3.8, 4) is 17.2 Å². The maximum atomic E-state index is 12.6. The number of benzene rings is 2. The molecule has 0 atom stereocenters. The lowest BCUT2D eigenvalue weighted by atomic mass is 10.0. The highest BCUT2D eigenvalue weighted by Crippen LogP contribution is 2.31. The van der Waals surface area contributed by atoms with Gasteiger partial charge in [0.1, 0.15) is 22.8 Å². The minimum atomic E-state index is -0.713. The second kappa shape index (κ2) is 10.6. The number of carbonyl (C=O) groups is 1. The molecule has 2 aromatic carbocycles. The Bertz CT molecular complexity index is 1220. The summed E-state index contributed by atoms with van der Waals surface area (Å²) in [6.07, 6.45) is 6.74. The van der Waals surface area contributed by atoms with Crippen molar-refractivity contribution < 1.29 is 23.4 Å². The molecule has 0 radical (unpaired) electrons. The number of rotatable bonds is 8. The van der Waals surface area contributed by atoms with Gasteiger partial charge in [0.15, 0.2) is 10.5 Å². The summed E-state index contributed by atoms with van der Waals surface area (Å²) in [6.45, 7) is 0.